The third-order valence-electron chi connectivity index (χ3n) is 12.8. The number of para-hydroxylation sites is 2. The van der Waals surface area contributed by atoms with Crippen molar-refractivity contribution in [2.45, 2.75) is 58.5 Å². The van der Waals surface area contributed by atoms with Crippen molar-refractivity contribution < 1.29 is 8.83 Å². The lowest BCUT2D eigenvalue weighted by Crippen LogP contribution is -2.32. The second-order valence-corrected chi connectivity index (χ2v) is 17.3. The molecule has 0 saturated carbocycles. The van der Waals surface area contributed by atoms with Crippen molar-refractivity contribution in [2.75, 3.05) is 9.80 Å². The first-order valence-electron chi connectivity index (χ1n) is 21.5. The monoisotopic (exact) mass is 780 g/mol. The van der Waals surface area contributed by atoms with Crippen LogP contribution in [-0.4, -0.2) is 12.1 Å². The minimum absolute atomic E-state index is 0.159. The van der Waals surface area contributed by atoms with Crippen LogP contribution in [0.3, 0.4) is 0 Å². The molecule has 2 heterocycles. The van der Waals surface area contributed by atoms with E-state index >= 15 is 0 Å². The van der Waals surface area contributed by atoms with Crippen molar-refractivity contribution in [1.29, 1.82) is 0 Å². The van der Waals surface area contributed by atoms with Crippen LogP contribution in [0.1, 0.15) is 56.7 Å². The zero-order valence-corrected chi connectivity index (χ0v) is 34.6. The molecule has 0 N–H and O–H groups in total. The molecular weight excluding hydrogens is 733 g/mol. The molecule has 11 rings (SSSR count). The van der Waals surface area contributed by atoms with E-state index in [1.807, 2.05) is 0 Å². The second kappa shape index (κ2) is 14.5. The molecule has 2 atom stereocenters. The maximum absolute atomic E-state index is 6.70. The van der Waals surface area contributed by atoms with E-state index in [9.17, 15) is 0 Å². The van der Waals surface area contributed by atoms with E-state index < -0.39 is 0 Å². The predicted octanol–water partition coefficient (Wildman–Crippen LogP) is 15.6. The molecule has 294 valence electrons. The summed E-state index contributed by atoms with van der Waals surface area (Å²) < 4.78 is 13.4. The van der Waals surface area contributed by atoms with Gasteiger partial charge in [-0.25, -0.2) is 0 Å². The molecule has 0 radical (unpaired) electrons. The number of hydrogen-bond donors (Lipinski definition) is 0. The number of allylic oxidation sites excluding steroid dienone is 2. The average Bonchev–Trinajstić information content (AvgIpc) is 3.80. The molecule has 4 heteroatoms. The Balaban J connectivity index is 0.941. The third-order valence-corrected chi connectivity index (χ3v) is 12.8. The van der Waals surface area contributed by atoms with E-state index in [1.54, 1.807) is 0 Å². The summed E-state index contributed by atoms with van der Waals surface area (Å²) in [6.45, 7) is 9.02. The molecule has 2 aromatic heterocycles. The van der Waals surface area contributed by atoms with Gasteiger partial charge in [0.25, 0.3) is 0 Å². The normalized spacial score (nSPS) is 16.5. The number of furan rings is 2. The zero-order chi connectivity index (χ0) is 40.5. The summed E-state index contributed by atoms with van der Waals surface area (Å²) in [5, 5.41) is 6.69. The lowest BCUT2D eigenvalue weighted by Gasteiger charge is -2.34. The number of benzene rings is 7. The maximum Gasteiger partial charge on any atom is 0.136 e. The van der Waals surface area contributed by atoms with E-state index in [-0.39, 0.29) is 12.1 Å². The fourth-order valence-electron chi connectivity index (χ4n) is 9.55. The summed E-state index contributed by atoms with van der Waals surface area (Å²) in [7, 11) is 0. The Morgan fingerprint density at radius 3 is 1.68 bits per heavy atom. The van der Waals surface area contributed by atoms with Crippen LogP contribution in [0.15, 0.2) is 178 Å². The Morgan fingerprint density at radius 1 is 0.483 bits per heavy atom. The van der Waals surface area contributed by atoms with Crippen LogP contribution in [0, 0.1) is 5.92 Å². The molecule has 0 saturated heterocycles. The van der Waals surface area contributed by atoms with Gasteiger partial charge in [-0.1, -0.05) is 113 Å². The number of anilines is 4. The summed E-state index contributed by atoms with van der Waals surface area (Å²) in [6, 6.07) is 51.2. The highest BCUT2D eigenvalue weighted by atomic mass is 16.3. The molecule has 2 unspecified atom stereocenters. The van der Waals surface area contributed by atoms with Crippen LogP contribution in [0.5, 0.6) is 0 Å². The molecule has 9 aromatic rings. The SMILES string of the molecule is CC(C)C1=CCC(N(c2ccccc2)c2ccc3cc4c(cc3c2)oc2cc3c(cc24)oc2cc4c(cc23)C=CC(N(c2ccccc2)c2ccc(C(C)C)cc2)C4)C=C1. The largest absolute Gasteiger partial charge is 0.456 e. The molecular formula is C56H48N2O2. The van der Waals surface area contributed by atoms with Gasteiger partial charge >= 0.3 is 0 Å². The lowest BCUT2D eigenvalue weighted by molar-refractivity contribution is 0.663. The molecule has 2 aliphatic rings. The molecule has 7 aromatic carbocycles. The minimum Gasteiger partial charge on any atom is -0.456 e. The van der Waals surface area contributed by atoms with Crippen LogP contribution in [0.2, 0.25) is 0 Å². The highest BCUT2D eigenvalue weighted by Crippen LogP contribution is 2.42. The molecule has 60 heavy (non-hydrogen) atoms. The van der Waals surface area contributed by atoms with E-state index in [4.69, 9.17) is 8.83 Å². The molecule has 0 spiro atoms. The van der Waals surface area contributed by atoms with E-state index in [0.29, 0.717) is 11.8 Å². The van der Waals surface area contributed by atoms with Gasteiger partial charge in [0.1, 0.15) is 22.3 Å². The summed E-state index contributed by atoms with van der Waals surface area (Å²) in [5.41, 5.74) is 13.6. The fourth-order valence-corrected chi connectivity index (χ4v) is 9.55. The van der Waals surface area contributed by atoms with Crippen LogP contribution < -0.4 is 9.80 Å². The number of rotatable bonds is 8. The smallest absolute Gasteiger partial charge is 0.136 e. The topological polar surface area (TPSA) is 32.8 Å². The van der Waals surface area contributed by atoms with Crippen molar-refractivity contribution in [3.63, 3.8) is 0 Å². The first-order valence-corrected chi connectivity index (χ1v) is 21.5. The molecule has 0 amide bonds. The van der Waals surface area contributed by atoms with Crippen molar-refractivity contribution in [1.82, 2.24) is 0 Å². The van der Waals surface area contributed by atoms with Gasteiger partial charge in [0.15, 0.2) is 0 Å². The van der Waals surface area contributed by atoms with Crippen molar-refractivity contribution in [2.24, 2.45) is 5.92 Å². The van der Waals surface area contributed by atoms with E-state index in [1.165, 1.54) is 50.4 Å². The van der Waals surface area contributed by atoms with Gasteiger partial charge in [-0.15, -0.1) is 0 Å². The quantitative estimate of drug-likeness (QED) is 0.154. The van der Waals surface area contributed by atoms with Gasteiger partial charge in [0.2, 0.25) is 0 Å². The van der Waals surface area contributed by atoms with E-state index in [0.717, 1.165) is 62.1 Å². The number of fused-ring (bicyclic) bond motifs is 8. The third kappa shape index (κ3) is 6.30. The van der Waals surface area contributed by atoms with Crippen LogP contribution in [0.25, 0.3) is 60.7 Å². The standard InChI is InChI=1S/C56H48N2O2/c1-35(2)37-15-21-45(22-16-37)57(43-11-7-5-8-12-43)47-25-19-39-29-49-51-33-56-52(34-55(51)59-53(49)31-41(39)27-47)50-30-40-20-26-48(28-42(40)32-54(50)60-56)58(44-13-9-6-10-14-44)46-23-17-38(18-24-46)36(3)4/h5-23,25-26,28-36,46-47H,24,27H2,1-4H3. The summed E-state index contributed by atoms with van der Waals surface area (Å²) >= 11 is 0. The Kier molecular flexibility index (Phi) is 8.77. The van der Waals surface area contributed by atoms with Gasteiger partial charge in [-0.3, -0.25) is 0 Å². The Hall–Kier alpha value is -6.78. The molecule has 0 bridgehead atoms. The van der Waals surface area contributed by atoms with Crippen molar-refractivity contribution in [3.05, 3.63) is 186 Å². The summed E-state index contributed by atoms with van der Waals surface area (Å²) in [6.07, 6.45) is 13.6. The molecule has 0 fully saturated rings. The van der Waals surface area contributed by atoms with Crippen LogP contribution >= 0.6 is 0 Å². The average molecular weight is 781 g/mol. The number of hydrogen-bond acceptors (Lipinski definition) is 4. The highest BCUT2D eigenvalue weighted by Gasteiger charge is 2.25. The fraction of sp³-hybridized carbons (Fsp3) is 0.179. The van der Waals surface area contributed by atoms with Gasteiger partial charge in [0, 0.05) is 44.3 Å². The first-order chi connectivity index (χ1) is 29.3. The highest BCUT2D eigenvalue weighted by molar-refractivity contribution is 6.17. The minimum atomic E-state index is 0.159. The Morgan fingerprint density at radius 2 is 1.05 bits per heavy atom. The Labute approximate surface area is 351 Å². The van der Waals surface area contributed by atoms with Gasteiger partial charge in [0.05, 0.1) is 12.1 Å². The lowest BCUT2D eigenvalue weighted by atomic mass is 9.91. The second-order valence-electron chi connectivity index (χ2n) is 17.3. The maximum atomic E-state index is 6.70. The molecule has 2 aliphatic carbocycles. The van der Waals surface area contributed by atoms with Gasteiger partial charge in [-0.2, -0.15) is 0 Å². The zero-order valence-electron chi connectivity index (χ0n) is 34.6. The summed E-state index contributed by atoms with van der Waals surface area (Å²) in [4.78, 5) is 4.92. The van der Waals surface area contributed by atoms with Crippen molar-refractivity contribution >= 4 is 83.5 Å². The Bertz CT molecular complexity index is 3160. The molecule has 4 nitrogen and oxygen atoms in total. The van der Waals surface area contributed by atoms with Gasteiger partial charge in [-0.05, 0) is 143 Å². The van der Waals surface area contributed by atoms with E-state index in [2.05, 4.69) is 207 Å². The van der Waals surface area contributed by atoms with Crippen LogP contribution in [-0.2, 0) is 6.42 Å². The van der Waals surface area contributed by atoms with Crippen molar-refractivity contribution in [3.8, 4) is 0 Å². The van der Waals surface area contributed by atoms with Crippen LogP contribution in [0.4, 0.5) is 22.7 Å². The molecule has 0 aliphatic heterocycles. The summed E-state index contributed by atoms with van der Waals surface area (Å²) in [5.74, 6) is 1.01. The number of nitrogens with zero attached hydrogens (tertiary/aromatic N) is 2. The van der Waals surface area contributed by atoms with Gasteiger partial charge < -0.3 is 18.6 Å². The predicted molar refractivity (Wildman–Crippen MR) is 253 cm³/mol. The first kappa shape index (κ1) is 36.3.